The summed E-state index contributed by atoms with van der Waals surface area (Å²) in [6.45, 7) is 4.89. The van der Waals surface area contributed by atoms with Crippen LogP contribution in [0.4, 0.5) is 5.82 Å². The number of rotatable bonds is 2. The first kappa shape index (κ1) is 13.6. The van der Waals surface area contributed by atoms with Crippen LogP contribution in [0.5, 0.6) is 0 Å². The van der Waals surface area contributed by atoms with Gasteiger partial charge in [0.05, 0.1) is 11.8 Å². The maximum atomic E-state index is 12.5. The summed E-state index contributed by atoms with van der Waals surface area (Å²) in [5.41, 5.74) is 0.656. The van der Waals surface area contributed by atoms with Gasteiger partial charge in [0.15, 0.2) is 5.82 Å². The molecule has 0 N–H and O–H groups in total. The lowest BCUT2D eigenvalue weighted by atomic mass is 10.2. The zero-order chi connectivity index (χ0) is 14.7. The molecule has 1 amide bonds. The lowest BCUT2D eigenvalue weighted by Crippen LogP contribution is -2.35. The Labute approximate surface area is 123 Å². The standard InChI is InChI=1S/C15H18N4O2/c1-12-13(5-11-21-12)15(20)19-8-3-7-18(9-10-19)14-4-2-6-16-17-14/h2,4-6,11H,3,7-10H2,1H3. The van der Waals surface area contributed by atoms with Crippen LogP contribution in [0.1, 0.15) is 22.5 Å². The molecule has 0 aliphatic carbocycles. The topological polar surface area (TPSA) is 62.5 Å². The molecule has 1 aliphatic rings. The molecule has 6 nitrogen and oxygen atoms in total. The minimum atomic E-state index is 0.0437. The summed E-state index contributed by atoms with van der Waals surface area (Å²) in [5.74, 6) is 1.59. The monoisotopic (exact) mass is 286 g/mol. The van der Waals surface area contributed by atoms with Crippen LogP contribution in [0, 0.1) is 6.92 Å². The molecule has 0 unspecified atom stereocenters. The molecule has 0 bridgehead atoms. The van der Waals surface area contributed by atoms with Crippen LogP contribution in [0.3, 0.4) is 0 Å². The van der Waals surface area contributed by atoms with Gasteiger partial charge in [-0.1, -0.05) is 0 Å². The Hall–Kier alpha value is -2.37. The third kappa shape index (κ3) is 2.89. The van der Waals surface area contributed by atoms with Gasteiger partial charge < -0.3 is 14.2 Å². The van der Waals surface area contributed by atoms with Crippen molar-refractivity contribution in [3.8, 4) is 0 Å². The van der Waals surface area contributed by atoms with Crippen molar-refractivity contribution < 1.29 is 9.21 Å². The number of nitrogens with zero attached hydrogens (tertiary/aromatic N) is 4. The van der Waals surface area contributed by atoms with Gasteiger partial charge in [-0.25, -0.2) is 0 Å². The van der Waals surface area contributed by atoms with Crippen LogP contribution >= 0.6 is 0 Å². The van der Waals surface area contributed by atoms with Crippen LogP contribution in [-0.2, 0) is 0 Å². The molecule has 1 aliphatic heterocycles. The first-order chi connectivity index (χ1) is 10.3. The summed E-state index contributed by atoms with van der Waals surface area (Å²) in [6, 6.07) is 5.57. The molecule has 2 aromatic rings. The quantitative estimate of drug-likeness (QED) is 0.841. The van der Waals surface area contributed by atoms with E-state index in [2.05, 4.69) is 15.1 Å². The van der Waals surface area contributed by atoms with E-state index in [-0.39, 0.29) is 5.91 Å². The van der Waals surface area contributed by atoms with Gasteiger partial charge in [0.2, 0.25) is 0 Å². The van der Waals surface area contributed by atoms with Gasteiger partial charge in [0.25, 0.3) is 5.91 Å². The Morgan fingerprint density at radius 3 is 2.86 bits per heavy atom. The Kier molecular flexibility index (Phi) is 3.85. The molecule has 1 fully saturated rings. The van der Waals surface area contributed by atoms with E-state index in [0.29, 0.717) is 17.9 Å². The normalized spacial score (nSPS) is 15.9. The summed E-state index contributed by atoms with van der Waals surface area (Å²) in [4.78, 5) is 16.5. The number of carbonyl (C=O) groups excluding carboxylic acids is 1. The van der Waals surface area contributed by atoms with Gasteiger partial charge >= 0.3 is 0 Å². The highest BCUT2D eigenvalue weighted by molar-refractivity contribution is 5.95. The van der Waals surface area contributed by atoms with Crippen molar-refractivity contribution in [2.24, 2.45) is 0 Å². The van der Waals surface area contributed by atoms with E-state index in [1.165, 1.54) is 0 Å². The molecule has 110 valence electrons. The van der Waals surface area contributed by atoms with Crippen LogP contribution in [0.15, 0.2) is 35.1 Å². The van der Waals surface area contributed by atoms with E-state index >= 15 is 0 Å². The summed E-state index contributed by atoms with van der Waals surface area (Å²) < 4.78 is 5.22. The number of anilines is 1. The predicted octanol–water partition coefficient (Wildman–Crippen LogP) is 1.73. The van der Waals surface area contributed by atoms with Crippen molar-refractivity contribution in [2.75, 3.05) is 31.1 Å². The summed E-state index contributed by atoms with van der Waals surface area (Å²) in [6.07, 6.45) is 4.14. The van der Waals surface area contributed by atoms with E-state index in [4.69, 9.17) is 4.42 Å². The van der Waals surface area contributed by atoms with Gasteiger partial charge in [-0.05, 0) is 31.5 Å². The van der Waals surface area contributed by atoms with E-state index in [1.807, 2.05) is 24.0 Å². The van der Waals surface area contributed by atoms with E-state index in [0.717, 1.165) is 31.9 Å². The number of hydrogen-bond donors (Lipinski definition) is 0. The number of aryl methyl sites for hydroxylation is 1. The Morgan fingerprint density at radius 2 is 2.14 bits per heavy atom. The molecule has 0 atom stereocenters. The second-order valence-corrected chi connectivity index (χ2v) is 5.11. The maximum absolute atomic E-state index is 12.5. The van der Waals surface area contributed by atoms with Gasteiger partial charge in [-0.2, -0.15) is 5.10 Å². The van der Waals surface area contributed by atoms with Crippen LogP contribution in [0.25, 0.3) is 0 Å². The SMILES string of the molecule is Cc1occc1C(=O)N1CCCN(c2cccnn2)CC1. The molecule has 0 radical (unpaired) electrons. The molecule has 0 spiro atoms. The summed E-state index contributed by atoms with van der Waals surface area (Å²) in [5, 5.41) is 8.05. The second-order valence-electron chi connectivity index (χ2n) is 5.11. The highest BCUT2D eigenvalue weighted by Crippen LogP contribution is 2.16. The first-order valence-electron chi connectivity index (χ1n) is 7.12. The van der Waals surface area contributed by atoms with Crippen LogP contribution in [0.2, 0.25) is 0 Å². The molecule has 2 aromatic heterocycles. The lowest BCUT2D eigenvalue weighted by Gasteiger charge is -2.22. The van der Waals surface area contributed by atoms with Crippen molar-refractivity contribution in [3.05, 3.63) is 42.0 Å². The highest BCUT2D eigenvalue weighted by atomic mass is 16.3. The smallest absolute Gasteiger partial charge is 0.257 e. The zero-order valence-corrected chi connectivity index (χ0v) is 12.0. The number of carbonyl (C=O) groups is 1. The molecule has 0 saturated carbocycles. The molecule has 3 heterocycles. The predicted molar refractivity (Wildman–Crippen MR) is 78.2 cm³/mol. The minimum absolute atomic E-state index is 0.0437. The van der Waals surface area contributed by atoms with Gasteiger partial charge in [0, 0.05) is 32.4 Å². The molecule has 21 heavy (non-hydrogen) atoms. The zero-order valence-electron chi connectivity index (χ0n) is 12.0. The van der Waals surface area contributed by atoms with Crippen molar-refractivity contribution in [1.29, 1.82) is 0 Å². The van der Waals surface area contributed by atoms with Gasteiger partial charge in [-0.3, -0.25) is 4.79 Å². The maximum Gasteiger partial charge on any atom is 0.257 e. The summed E-state index contributed by atoms with van der Waals surface area (Å²) in [7, 11) is 0. The Balaban J connectivity index is 1.69. The van der Waals surface area contributed by atoms with Crippen molar-refractivity contribution >= 4 is 11.7 Å². The minimum Gasteiger partial charge on any atom is -0.469 e. The number of aromatic nitrogens is 2. The van der Waals surface area contributed by atoms with Crippen LogP contribution < -0.4 is 4.90 Å². The molecule has 6 heteroatoms. The van der Waals surface area contributed by atoms with Crippen LogP contribution in [-0.4, -0.2) is 47.2 Å². The number of furan rings is 1. The third-order valence-corrected chi connectivity index (χ3v) is 3.75. The fourth-order valence-electron chi connectivity index (χ4n) is 2.59. The molecular weight excluding hydrogens is 268 g/mol. The fourth-order valence-corrected chi connectivity index (χ4v) is 2.59. The van der Waals surface area contributed by atoms with Crippen molar-refractivity contribution in [3.63, 3.8) is 0 Å². The van der Waals surface area contributed by atoms with E-state index < -0.39 is 0 Å². The van der Waals surface area contributed by atoms with E-state index in [1.54, 1.807) is 18.5 Å². The average Bonchev–Trinajstić information content (AvgIpc) is 2.80. The summed E-state index contributed by atoms with van der Waals surface area (Å²) >= 11 is 0. The molecule has 0 aromatic carbocycles. The molecular formula is C15H18N4O2. The molecule has 3 rings (SSSR count). The second kappa shape index (κ2) is 5.95. The number of amides is 1. The average molecular weight is 286 g/mol. The molecule has 1 saturated heterocycles. The Morgan fingerprint density at radius 1 is 1.24 bits per heavy atom. The van der Waals surface area contributed by atoms with E-state index in [9.17, 15) is 4.79 Å². The number of hydrogen-bond acceptors (Lipinski definition) is 5. The highest BCUT2D eigenvalue weighted by Gasteiger charge is 2.23. The van der Waals surface area contributed by atoms with Gasteiger partial charge in [0.1, 0.15) is 5.76 Å². The Bertz CT molecular complexity index is 611. The van der Waals surface area contributed by atoms with Crippen molar-refractivity contribution in [2.45, 2.75) is 13.3 Å². The third-order valence-electron chi connectivity index (χ3n) is 3.75. The first-order valence-corrected chi connectivity index (χ1v) is 7.12. The van der Waals surface area contributed by atoms with Gasteiger partial charge in [-0.15, -0.1) is 5.10 Å². The fraction of sp³-hybridized carbons (Fsp3) is 0.400. The van der Waals surface area contributed by atoms with Crippen molar-refractivity contribution in [1.82, 2.24) is 15.1 Å². The lowest BCUT2D eigenvalue weighted by molar-refractivity contribution is 0.0765. The largest absolute Gasteiger partial charge is 0.469 e.